The highest BCUT2D eigenvalue weighted by molar-refractivity contribution is 6.08. The number of anilines is 1. The lowest BCUT2D eigenvalue weighted by atomic mass is 9.73. The van der Waals surface area contributed by atoms with E-state index in [1.165, 1.54) is 27.0 Å². The van der Waals surface area contributed by atoms with Crippen LogP contribution in [0.4, 0.5) is 10.2 Å². The van der Waals surface area contributed by atoms with Gasteiger partial charge in [0.1, 0.15) is 41.3 Å². The summed E-state index contributed by atoms with van der Waals surface area (Å²) in [4.78, 5) is 61.8. The van der Waals surface area contributed by atoms with Gasteiger partial charge in [0, 0.05) is 30.0 Å². The Balaban J connectivity index is 1.74. The van der Waals surface area contributed by atoms with Gasteiger partial charge in [0.25, 0.3) is 5.67 Å². The van der Waals surface area contributed by atoms with Crippen LogP contribution in [0.1, 0.15) is 107 Å². The maximum atomic E-state index is 16.8. The lowest BCUT2D eigenvalue weighted by Gasteiger charge is -2.46. The number of amides is 1. The molecule has 0 unspecified atom stereocenters. The summed E-state index contributed by atoms with van der Waals surface area (Å²) in [6, 6.07) is 4.63. The number of aromatic nitrogens is 2. The van der Waals surface area contributed by atoms with Gasteiger partial charge >= 0.3 is 5.97 Å². The van der Waals surface area contributed by atoms with Crippen LogP contribution in [-0.2, 0) is 44.8 Å². The largest absolute Gasteiger partial charge is 0.457 e. The molecule has 358 valence electrons. The van der Waals surface area contributed by atoms with Crippen LogP contribution in [-0.4, -0.2) is 140 Å². The number of likely N-dealkylation sites (N-methyl/N-ethyl adjacent to an activating group) is 1. The molecule has 2 aromatic heterocycles. The van der Waals surface area contributed by atoms with E-state index < -0.39 is 95.1 Å². The number of oxime groups is 1. The molecule has 2 saturated heterocycles. The Bertz CT molecular complexity index is 1970. The quantitative estimate of drug-likeness (QED) is 0.0927. The van der Waals surface area contributed by atoms with Gasteiger partial charge < -0.3 is 54.2 Å². The number of hydrogen-bond donors (Lipinski definition) is 4. The van der Waals surface area contributed by atoms with E-state index >= 15 is 4.39 Å². The van der Waals surface area contributed by atoms with Gasteiger partial charge in [0.05, 0.1) is 36.2 Å². The Hall–Kier alpha value is -4.24. The number of rotatable bonds is 13. The average molecular weight is 905 g/mol. The lowest BCUT2D eigenvalue weighted by molar-refractivity contribution is -0.293. The minimum Gasteiger partial charge on any atom is -0.457 e. The number of carbonyl (C=O) groups is 3. The molecule has 2 aliphatic rings. The molecule has 4 heterocycles. The van der Waals surface area contributed by atoms with Crippen molar-refractivity contribution in [2.24, 2.45) is 27.9 Å². The summed E-state index contributed by atoms with van der Waals surface area (Å²) in [6.07, 6.45) is -5.43. The fourth-order valence-corrected chi connectivity index (χ4v) is 8.64. The van der Waals surface area contributed by atoms with Crippen molar-refractivity contribution in [1.82, 2.24) is 14.9 Å². The number of oxazole rings is 1. The summed E-state index contributed by atoms with van der Waals surface area (Å²) >= 11 is 0. The molecule has 0 spiro atoms. The van der Waals surface area contributed by atoms with E-state index in [9.17, 15) is 29.7 Å². The Morgan fingerprint density at radius 2 is 1.72 bits per heavy atom. The molecule has 1 amide bonds. The number of nitrogen functional groups attached to an aromatic ring is 1. The SMILES string of the molecule is CCC(=O)N=C1[C@H](C)C[C@@](C)(O)[C@H](O[C@@H]2O[C@H](C)C[C@H](N(C)C)[C@H]2O)[C@@H](C)C(=O)[C@](C)(F)C(=O)O[C@H](CC)[C@@](C)(O)[C@H](OC/C(CC)=N\OCc2coc(-c3cccc(N)n3)n2)[C@H]1C. The van der Waals surface area contributed by atoms with E-state index in [2.05, 4.69) is 20.1 Å². The van der Waals surface area contributed by atoms with Crippen molar-refractivity contribution in [3.8, 4) is 11.6 Å². The zero-order valence-electron chi connectivity index (χ0n) is 39.2. The number of aliphatic hydroxyl groups excluding tert-OH is 1. The van der Waals surface area contributed by atoms with Crippen molar-refractivity contribution < 1.29 is 62.3 Å². The Morgan fingerprint density at radius 1 is 1.03 bits per heavy atom. The molecule has 4 rings (SSSR count). The molecule has 5 N–H and O–H groups in total. The van der Waals surface area contributed by atoms with Crippen molar-refractivity contribution >= 4 is 34.9 Å². The normalized spacial score (nSPS) is 35.6. The third-order valence-electron chi connectivity index (χ3n) is 12.2. The molecule has 19 heteroatoms. The molecule has 0 aromatic carbocycles. The van der Waals surface area contributed by atoms with Crippen LogP contribution >= 0.6 is 0 Å². The van der Waals surface area contributed by atoms with Crippen LogP contribution in [0.25, 0.3) is 11.6 Å². The first-order valence-electron chi connectivity index (χ1n) is 22.0. The van der Waals surface area contributed by atoms with Gasteiger partial charge in [0.2, 0.25) is 11.8 Å². The molecule has 0 radical (unpaired) electrons. The molecule has 2 aromatic rings. The summed E-state index contributed by atoms with van der Waals surface area (Å²) in [5.41, 5.74) is -0.166. The van der Waals surface area contributed by atoms with Gasteiger partial charge in [-0.15, -0.1) is 0 Å². The molecule has 13 atom stereocenters. The molecule has 0 saturated carbocycles. The average Bonchev–Trinajstić information content (AvgIpc) is 3.71. The highest BCUT2D eigenvalue weighted by Crippen LogP contribution is 2.39. The number of nitrogens with zero attached hydrogens (tertiary/aromatic N) is 5. The second kappa shape index (κ2) is 21.8. The highest BCUT2D eigenvalue weighted by atomic mass is 19.1. The van der Waals surface area contributed by atoms with Crippen molar-refractivity contribution in [1.29, 1.82) is 0 Å². The van der Waals surface area contributed by atoms with Gasteiger partial charge in [-0.3, -0.25) is 9.59 Å². The summed E-state index contributed by atoms with van der Waals surface area (Å²) in [5, 5.41) is 40.6. The minimum atomic E-state index is -3.29. The number of hydrogen-bond acceptors (Lipinski definition) is 17. The third-order valence-corrected chi connectivity index (χ3v) is 12.2. The molecule has 2 fully saturated rings. The maximum Gasteiger partial charge on any atom is 0.351 e. The van der Waals surface area contributed by atoms with Crippen molar-refractivity contribution in [3.63, 3.8) is 0 Å². The second-order valence-electron chi connectivity index (χ2n) is 18.0. The van der Waals surface area contributed by atoms with E-state index in [-0.39, 0.29) is 44.1 Å². The van der Waals surface area contributed by atoms with Gasteiger partial charge in [-0.05, 0) is 85.5 Å². The van der Waals surface area contributed by atoms with Crippen LogP contribution in [0, 0.1) is 17.8 Å². The second-order valence-corrected chi connectivity index (χ2v) is 18.0. The number of esters is 1. The number of ether oxygens (including phenoxy) is 4. The zero-order valence-corrected chi connectivity index (χ0v) is 39.2. The molecule has 64 heavy (non-hydrogen) atoms. The van der Waals surface area contributed by atoms with Crippen LogP contribution in [0.15, 0.2) is 39.0 Å². The van der Waals surface area contributed by atoms with E-state index in [1.54, 1.807) is 71.8 Å². The molecule has 18 nitrogen and oxygen atoms in total. The number of halogens is 1. The molecule has 2 aliphatic heterocycles. The van der Waals surface area contributed by atoms with Crippen molar-refractivity contribution in [2.45, 2.75) is 168 Å². The summed E-state index contributed by atoms with van der Waals surface area (Å²) in [6.45, 7) is 14.8. The van der Waals surface area contributed by atoms with Crippen molar-refractivity contribution in [3.05, 3.63) is 30.2 Å². The van der Waals surface area contributed by atoms with E-state index in [4.69, 9.17) is 33.9 Å². The monoisotopic (exact) mass is 904 g/mol. The first kappa shape index (κ1) is 52.4. The molecular formula is C45H69FN6O12. The van der Waals surface area contributed by atoms with Gasteiger partial charge in [0.15, 0.2) is 18.7 Å². The van der Waals surface area contributed by atoms with Gasteiger partial charge in [-0.2, -0.15) is 0 Å². The molecule has 0 bridgehead atoms. The highest BCUT2D eigenvalue weighted by Gasteiger charge is 2.55. The summed E-state index contributed by atoms with van der Waals surface area (Å²) < 4.78 is 46.9. The van der Waals surface area contributed by atoms with E-state index in [0.29, 0.717) is 35.8 Å². The third kappa shape index (κ3) is 12.3. The molecular weight excluding hydrogens is 836 g/mol. The number of pyridine rings is 1. The number of carbonyl (C=O) groups excluding carboxylic acids is 3. The lowest BCUT2D eigenvalue weighted by Crippen LogP contribution is -2.61. The Morgan fingerprint density at radius 3 is 2.33 bits per heavy atom. The van der Waals surface area contributed by atoms with Crippen LogP contribution in [0.2, 0.25) is 0 Å². The minimum absolute atomic E-state index is 0.0256. The first-order chi connectivity index (χ1) is 29.9. The summed E-state index contributed by atoms with van der Waals surface area (Å²) in [7, 11) is 3.57. The molecule has 0 aliphatic carbocycles. The smallest absolute Gasteiger partial charge is 0.351 e. The number of Topliss-reactive ketones (excluding diaryl/α,β-unsaturated/α-hetero) is 1. The Labute approximate surface area is 375 Å². The van der Waals surface area contributed by atoms with Crippen molar-refractivity contribution in [2.75, 3.05) is 26.4 Å². The predicted octanol–water partition coefficient (Wildman–Crippen LogP) is 4.61. The van der Waals surface area contributed by atoms with Gasteiger partial charge in [-0.25, -0.2) is 24.1 Å². The first-order valence-corrected chi connectivity index (χ1v) is 22.0. The topological polar surface area (TPSA) is 251 Å². The zero-order chi connectivity index (χ0) is 47.9. The number of aliphatic imine (C=N–C) groups is 1. The van der Waals surface area contributed by atoms with Crippen LogP contribution < -0.4 is 5.73 Å². The number of aliphatic hydroxyl groups is 3. The number of nitrogens with two attached hydrogens (primary N) is 1. The maximum absolute atomic E-state index is 16.8. The van der Waals surface area contributed by atoms with Crippen LogP contribution in [0.5, 0.6) is 0 Å². The van der Waals surface area contributed by atoms with E-state index in [1.807, 2.05) is 6.92 Å². The van der Waals surface area contributed by atoms with Gasteiger partial charge in [-0.1, -0.05) is 52.8 Å². The number of cyclic esters (lactones) is 1. The fraction of sp³-hybridized carbons (Fsp3) is 0.711. The number of ketones is 1. The fourth-order valence-electron chi connectivity index (χ4n) is 8.64. The number of alkyl halides is 1. The predicted molar refractivity (Wildman–Crippen MR) is 234 cm³/mol. The Kier molecular flexibility index (Phi) is 17.9. The summed E-state index contributed by atoms with van der Waals surface area (Å²) in [5.74, 6) is -6.04. The van der Waals surface area contributed by atoms with E-state index in [0.717, 1.165) is 6.92 Å². The standard InChI is InChI=1S/C45H69FN6O12/c1-13-28(51-61-23-29-22-60-40(48-29)30-17-16-18-33(47)49-30)21-59-39-26(6)35(50-34(53)15-3)24(4)20-43(8,57)38(64-41-36(54)31(52(11)12)19-25(5)62-41)27(7)37(55)44(9,46)42(56)63-32(14-2)45(39,10)58/h16-18,22,24-27,31-32,36,38-39,41,54,57-58H,13-15,19-21,23H2,1-12H3,(H2,47,49)/b50-35?,51-28-/t24-,25-,26+,27+,31+,32-,36-,38-,39-,41+,43-,44+,45-/m1/s1. The van der Waals surface area contributed by atoms with Crippen LogP contribution in [0.3, 0.4) is 0 Å².